The molecule has 1 fully saturated rings. The third-order valence-corrected chi connectivity index (χ3v) is 4.92. The van der Waals surface area contributed by atoms with Crippen LogP contribution in [0.3, 0.4) is 0 Å². The van der Waals surface area contributed by atoms with E-state index in [1.807, 2.05) is 13.0 Å². The molecule has 10 heteroatoms. The van der Waals surface area contributed by atoms with Crippen molar-refractivity contribution in [2.45, 2.75) is 26.7 Å². The van der Waals surface area contributed by atoms with Crippen LogP contribution in [0, 0.1) is 6.92 Å². The maximum atomic E-state index is 12.6. The van der Waals surface area contributed by atoms with E-state index in [1.165, 1.54) is 6.33 Å². The smallest absolute Gasteiger partial charge is 0.322 e. The molecule has 4 heterocycles. The lowest BCUT2D eigenvalue weighted by Crippen LogP contribution is -2.50. The van der Waals surface area contributed by atoms with E-state index >= 15 is 0 Å². The van der Waals surface area contributed by atoms with E-state index in [2.05, 4.69) is 44.1 Å². The maximum absolute atomic E-state index is 12.6. The minimum Gasteiger partial charge on any atom is -0.353 e. The summed E-state index contributed by atoms with van der Waals surface area (Å²) in [4.78, 5) is 34.1. The predicted octanol–water partition coefficient (Wildman–Crippen LogP) is 2.24. The fourth-order valence-corrected chi connectivity index (χ4v) is 3.26. The van der Waals surface area contributed by atoms with Crippen LogP contribution >= 0.6 is 0 Å². The molecule has 0 radical (unpaired) electrons. The number of pyridine rings is 1. The normalized spacial score (nSPS) is 14.3. The SMILES string of the molecule is Cc1cc(N2CCN(C(=O)Nc3ccc(-n4cncn4)nc3)CC2)nc(C(C)C)n1. The minimum atomic E-state index is -0.133. The molecular weight excluding hydrogens is 382 g/mol. The van der Waals surface area contributed by atoms with E-state index in [0.29, 0.717) is 24.6 Å². The molecule has 0 spiro atoms. The number of hydrogen-bond donors (Lipinski definition) is 1. The Morgan fingerprint density at radius 1 is 1.10 bits per heavy atom. The maximum Gasteiger partial charge on any atom is 0.322 e. The second kappa shape index (κ2) is 8.44. The second-order valence-electron chi connectivity index (χ2n) is 7.53. The van der Waals surface area contributed by atoms with Crippen molar-refractivity contribution in [1.29, 1.82) is 0 Å². The van der Waals surface area contributed by atoms with Gasteiger partial charge < -0.3 is 15.1 Å². The number of piperazine rings is 1. The Labute approximate surface area is 175 Å². The Hall–Kier alpha value is -3.56. The number of aryl methyl sites for hydroxylation is 1. The molecule has 30 heavy (non-hydrogen) atoms. The van der Waals surface area contributed by atoms with Gasteiger partial charge in [-0.15, -0.1) is 0 Å². The zero-order valence-electron chi connectivity index (χ0n) is 17.4. The number of amides is 2. The first-order chi connectivity index (χ1) is 14.5. The zero-order valence-corrected chi connectivity index (χ0v) is 17.4. The summed E-state index contributed by atoms with van der Waals surface area (Å²) in [6.07, 6.45) is 4.63. The van der Waals surface area contributed by atoms with Gasteiger partial charge in [-0.05, 0) is 19.1 Å². The lowest BCUT2D eigenvalue weighted by Gasteiger charge is -2.35. The molecule has 3 aromatic heterocycles. The molecule has 0 aromatic carbocycles. The molecule has 1 saturated heterocycles. The van der Waals surface area contributed by atoms with Crippen molar-refractivity contribution < 1.29 is 4.79 Å². The third-order valence-electron chi connectivity index (χ3n) is 4.92. The largest absolute Gasteiger partial charge is 0.353 e. The minimum absolute atomic E-state index is 0.133. The molecule has 0 atom stereocenters. The fourth-order valence-electron chi connectivity index (χ4n) is 3.26. The molecule has 1 aliphatic heterocycles. The van der Waals surface area contributed by atoms with Crippen molar-refractivity contribution in [1.82, 2.24) is 34.6 Å². The average molecular weight is 407 g/mol. The van der Waals surface area contributed by atoms with Crippen molar-refractivity contribution in [2.75, 3.05) is 36.4 Å². The van der Waals surface area contributed by atoms with E-state index in [9.17, 15) is 4.79 Å². The van der Waals surface area contributed by atoms with E-state index in [-0.39, 0.29) is 11.9 Å². The predicted molar refractivity (Wildman–Crippen MR) is 113 cm³/mol. The van der Waals surface area contributed by atoms with Gasteiger partial charge in [0.15, 0.2) is 5.82 Å². The van der Waals surface area contributed by atoms with Gasteiger partial charge in [-0.2, -0.15) is 5.10 Å². The molecule has 0 bridgehead atoms. The number of rotatable bonds is 4. The number of nitrogens with one attached hydrogen (secondary N) is 1. The van der Waals surface area contributed by atoms with E-state index < -0.39 is 0 Å². The average Bonchev–Trinajstić information content (AvgIpc) is 3.29. The lowest BCUT2D eigenvalue weighted by atomic mass is 10.2. The number of carbonyl (C=O) groups excluding carboxylic acids is 1. The van der Waals surface area contributed by atoms with E-state index in [0.717, 1.165) is 30.4 Å². The first-order valence-electron chi connectivity index (χ1n) is 9.97. The number of hydrogen-bond acceptors (Lipinski definition) is 7. The summed E-state index contributed by atoms with van der Waals surface area (Å²) >= 11 is 0. The second-order valence-corrected chi connectivity index (χ2v) is 7.53. The molecule has 0 aliphatic carbocycles. The van der Waals surface area contributed by atoms with Crippen molar-refractivity contribution in [3.8, 4) is 5.82 Å². The number of nitrogens with zero attached hydrogens (tertiary/aromatic N) is 8. The summed E-state index contributed by atoms with van der Waals surface area (Å²) in [5.74, 6) is 2.70. The van der Waals surface area contributed by atoms with Crippen LogP contribution in [-0.2, 0) is 0 Å². The standard InChI is InChI=1S/C20H25N9O/c1-14(2)19-24-15(3)10-18(26-19)27-6-8-28(9-7-27)20(30)25-16-4-5-17(22-11-16)29-13-21-12-23-29/h4-5,10-14H,6-9H2,1-3H3,(H,25,30). The van der Waals surface area contributed by atoms with Crippen LogP contribution < -0.4 is 10.2 Å². The Kier molecular flexibility index (Phi) is 5.55. The van der Waals surface area contributed by atoms with Gasteiger partial charge in [0.1, 0.15) is 24.3 Å². The Morgan fingerprint density at radius 3 is 2.53 bits per heavy atom. The highest BCUT2D eigenvalue weighted by atomic mass is 16.2. The van der Waals surface area contributed by atoms with Crippen LogP contribution in [0.5, 0.6) is 0 Å². The first kappa shape index (κ1) is 19.7. The van der Waals surface area contributed by atoms with Gasteiger partial charge in [-0.25, -0.2) is 29.4 Å². The molecule has 156 valence electrons. The monoisotopic (exact) mass is 407 g/mol. The molecule has 0 unspecified atom stereocenters. The van der Waals surface area contributed by atoms with Crippen LogP contribution in [-0.4, -0.2) is 66.8 Å². The van der Waals surface area contributed by atoms with Crippen molar-refractivity contribution in [2.24, 2.45) is 0 Å². The van der Waals surface area contributed by atoms with Gasteiger partial charge >= 0.3 is 6.03 Å². The summed E-state index contributed by atoms with van der Waals surface area (Å²) < 4.78 is 1.56. The summed E-state index contributed by atoms with van der Waals surface area (Å²) in [7, 11) is 0. The van der Waals surface area contributed by atoms with Gasteiger partial charge in [0.05, 0.1) is 11.9 Å². The first-order valence-corrected chi connectivity index (χ1v) is 9.97. The van der Waals surface area contributed by atoms with Crippen LogP contribution in [0.4, 0.5) is 16.3 Å². The zero-order chi connectivity index (χ0) is 21.1. The Bertz CT molecular complexity index is 994. The Morgan fingerprint density at radius 2 is 1.90 bits per heavy atom. The quantitative estimate of drug-likeness (QED) is 0.707. The molecule has 4 rings (SSSR count). The van der Waals surface area contributed by atoms with Crippen LogP contribution in [0.15, 0.2) is 37.1 Å². The molecule has 3 aromatic rings. The number of urea groups is 1. The van der Waals surface area contributed by atoms with Gasteiger partial charge in [-0.1, -0.05) is 13.8 Å². The van der Waals surface area contributed by atoms with E-state index in [4.69, 9.17) is 4.98 Å². The van der Waals surface area contributed by atoms with Crippen molar-refractivity contribution in [3.05, 3.63) is 48.6 Å². The number of aromatic nitrogens is 6. The number of anilines is 2. The molecule has 2 amide bonds. The fraction of sp³-hybridized carbons (Fsp3) is 0.400. The van der Waals surface area contributed by atoms with Gasteiger partial charge in [0, 0.05) is 43.9 Å². The number of carbonyl (C=O) groups is 1. The summed E-state index contributed by atoms with van der Waals surface area (Å²) in [5, 5.41) is 6.94. The Balaban J connectivity index is 1.34. The highest BCUT2D eigenvalue weighted by Gasteiger charge is 2.23. The van der Waals surface area contributed by atoms with Crippen molar-refractivity contribution in [3.63, 3.8) is 0 Å². The van der Waals surface area contributed by atoms with Gasteiger partial charge in [-0.3, -0.25) is 0 Å². The summed E-state index contributed by atoms with van der Waals surface area (Å²) in [5.41, 5.74) is 1.60. The van der Waals surface area contributed by atoms with Crippen LogP contribution in [0.25, 0.3) is 5.82 Å². The van der Waals surface area contributed by atoms with Gasteiger partial charge in [0.25, 0.3) is 0 Å². The third kappa shape index (κ3) is 4.37. The van der Waals surface area contributed by atoms with Crippen molar-refractivity contribution >= 4 is 17.5 Å². The van der Waals surface area contributed by atoms with Gasteiger partial charge in [0.2, 0.25) is 0 Å². The highest BCUT2D eigenvalue weighted by Crippen LogP contribution is 2.19. The molecule has 0 saturated carbocycles. The molecule has 1 N–H and O–H groups in total. The summed E-state index contributed by atoms with van der Waals surface area (Å²) in [6, 6.07) is 5.46. The van der Waals surface area contributed by atoms with Crippen LogP contribution in [0.1, 0.15) is 31.3 Å². The molecule has 1 aliphatic rings. The topological polar surface area (TPSA) is 105 Å². The highest BCUT2D eigenvalue weighted by molar-refractivity contribution is 5.89. The van der Waals surface area contributed by atoms with E-state index in [1.54, 1.807) is 34.2 Å². The summed E-state index contributed by atoms with van der Waals surface area (Å²) in [6.45, 7) is 8.87. The molecule has 10 nitrogen and oxygen atoms in total. The lowest BCUT2D eigenvalue weighted by molar-refractivity contribution is 0.208. The van der Waals surface area contributed by atoms with Crippen LogP contribution in [0.2, 0.25) is 0 Å². The molecular formula is C20H25N9O.